The van der Waals surface area contributed by atoms with Gasteiger partial charge in [-0.3, -0.25) is 9.78 Å². The molecule has 1 aromatic carbocycles. The van der Waals surface area contributed by atoms with Crippen LogP contribution in [0.1, 0.15) is 29.5 Å². The second kappa shape index (κ2) is 10.6. The Morgan fingerprint density at radius 1 is 1.23 bits per heavy atom. The van der Waals surface area contributed by atoms with Gasteiger partial charge in [0.15, 0.2) is 0 Å². The Kier molecular flexibility index (Phi) is 7.85. The monoisotopic (exact) mass is 431 g/mol. The molecule has 1 amide bonds. The Morgan fingerprint density at radius 3 is 2.68 bits per heavy atom. The molecular weight excluding hydrogens is 403 g/mol. The van der Waals surface area contributed by atoms with E-state index in [4.69, 9.17) is 0 Å². The van der Waals surface area contributed by atoms with Gasteiger partial charge in [0, 0.05) is 38.6 Å². The van der Waals surface area contributed by atoms with E-state index in [1.165, 1.54) is 12.1 Å². The van der Waals surface area contributed by atoms with Crippen LogP contribution in [0.15, 0.2) is 54.9 Å². The maximum atomic E-state index is 12.9. The fraction of sp³-hybridized carbons (Fsp3) is 0.417. The fourth-order valence-electron chi connectivity index (χ4n) is 3.83. The molecule has 0 spiro atoms. The third kappa shape index (κ3) is 7.21. The number of rotatable bonds is 7. The summed E-state index contributed by atoms with van der Waals surface area (Å²) in [6, 6.07) is 9.30. The third-order valence-corrected chi connectivity index (χ3v) is 5.69. The number of pyridine rings is 1. The van der Waals surface area contributed by atoms with Gasteiger partial charge in [-0.1, -0.05) is 24.3 Å². The topological polar surface area (TPSA) is 36.4 Å². The largest absolute Gasteiger partial charge is 0.416 e. The Bertz CT molecular complexity index is 875. The highest BCUT2D eigenvalue weighted by atomic mass is 19.4. The van der Waals surface area contributed by atoms with Gasteiger partial charge in [0.1, 0.15) is 0 Å². The van der Waals surface area contributed by atoms with Crippen LogP contribution in [0.4, 0.5) is 13.2 Å². The first-order valence-electron chi connectivity index (χ1n) is 10.5. The zero-order chi connectivity index (χ0) is 22.3. The van der Waals surface area contributed by atoms with Gasteiger partial charge in [-0.15, -0.1) is 0 Å². The number of nitrogens with zero attached hydrogens (tertiary/aromatic N) is 3. The van der Waals surface area contributed by atoms with E-state index in [0.29, 0.717) is 24.4 Å². The molecule has 4 nitrogen and oxygen atoms in total. The van der Waals surface area contributed by atoms with E-state index in [9.17, 15) is 18.0 Å². The van der Waals surface area contributed by atoms with Gasteiger partial charge in [-0.05, 0) is 67.6 Å². The molecule has 0 saturated carbocycles. The molecule has 1 aliphatic heterocycles. The van der Waals surface area contributed by atoms with E-state index < -0.39 is 11.7 Å². The lowest BCUT2D eigenvalue weighted by Gasteiger charge is -2.33. The number of aromatic nitrogens is 1. The summed E-state index contributed by atoms with van der Waals surface area (Å²) in [5, 5.41) is 0. The number of likely N-dealkylation sites (N-methyl/N-ethyl adjacent to an activating group) is 1. The number of hydrogen-bond donors (Lipinski definition) is 0. The molecule has 2 heterocycles. The molecule has 1 aromatic heterocycles. The molecule has 0 atom stereocenters. The maximum Gasteiger partial charge on any atom is 0.416 e. The van der Waals surface area contributed by atoms with Crippen LogP contribution >= 0.6 is 0 Å². The molecule has 7 heteroatoms. The van der Waals surface area contributed by atoms with Gasteiger partial charge in [0.2, 0.25) is 5.91 Å². The highest BCUT2D eigenvalue weighted by molar-refractivity contribution is 5.91. The Labute approximate surface area is 181 Å². The molecule has 1 saturated heterocycles. The molecule has 0 unspecified atom stereocenters. The van der Waals surface area contributed by atoms with Crippen molar-refractivity contribution in [3.05, 3.63) is 71.6 Å². The van der Waals surface area contributed by atoms with Crippen molar-refractivity contribution < 1.29 is 18.0 Å². The number of hydrogen-bond acceptors (Lipinski definition) is 3. The number of amides is 1. The number of likely N-dealkylation sites (tertiary alicyclic amines) is 1. The van der Waals surface area contributed by atoms with Crippen LogP contribution in [-0.2, 0) is 17.4 Å². The van der Waals surface area contributed by atoms with E-state index in [0.717, 1.165) is 44.1 Å². The summed E-state index contributed by atoms with van der Waals surface area (Å²) in [5.74, 6) is 0.404. The van der Waals surface area contributed by atoms with Crippen molar-refractivity contribution in [3.8, 4) is 0 Å². The van der Waals surface area contributed by atoms with Crippen molar-refractivity contribution in [1.82, 2.24) is 14.8 Å². The maximum absolute atomic E-state index is 12.9. The minimum atomic E-state index is -4.30. The van der Waals surface area contributed by atoms with E-state index in [-0.39, 0.29) is 5.91 Å². The zero-order valence-corrected chi connectivity index (χ0v) is 17.7. The van der Waals surface area contributed by atoms with Crippen LogP contribution in [0.3, 0.4) is 0 Å². The first-order valence-corrected chi connectivity index (χ1v) is 10.5. The van der Waals surface area contributed by atoms with Crippen LogP contribution < -0.4 is 0 Å². The molecule has 0 aliphatic carbocycles. The fourth-order valence-corrected chi connectivity index (χ4v) is 3.83. The first kappa shape index (κ1) is 23.0. The van der Waals surface area contributed by atoms with Gasteiger partial charge in [-0.25, -0.2) is 0 Å². The van der Waals surface area contributed by atoms with Crippen LogP contribution in [0.2, 0.25) is 0 Å². The van der Waals surface area contributed by atoms with Crippen LogP contribution in [0, 0.1) is 5.92 Å². The first-order chi connectivity index (χ1) is 14.8. The summed E-state index contributed by atoms with van der Waals surface area (Å²) in [6.45, 7) is 3.25. The van der Waals surface area contributed by atoms with Gasteiger partial charge in [0.05, 0.1) is 5.56 Å². The predicted molar refractivity (Wildman–Crippen MR) is 115 cm³/mol. The van der Waals surface area contributed by atoms with Crippen molar-refractivity contribution in [2.24, 2.45) is 5.92 Å². The zero-order valence-electron chi connectivity index (χ0n) is 17.7. The van der Waals surface area contributed by atoms with Crippen molar-refractivity contribution in [2.75, 3.05) is 33.2 Å². The third-order valence-electron chi connectivity index (χ3n) is 5.69. The highest BCUT2D eigenvalue weighted by Crippen LogP contribution is 2.29. The summed E-state index contributed by atoms with van der Waals surface area (Å²) >= 11 is 0. The SMILES string of the molecule is CN(CC1CCN(CCc2cccc(C(F)(F)F)c2)CC1)C(=O)C=Cc1cccnc1. The van der Waals surface area contributed by atoms with Gasteiger partial charge >= 0.3 is 6.18 Å². The summed E-state index contributed by atoms with van der Waals surface area (Å²) in [6.07, 6.45) is 5.00. The van der Waals surface area contributed by atoms with Crippen molar-refractivity contribution in [1.29, 1.82) is 0 Å². The number of alkyl halides is 3. The van der Waals surface area contributed by atoms with E-state index in [1.807, 2.05) is 19.2 Å². The van der Waals surface area contributed by atoms with Crippen LogP contribution in [0.5, 0.6) is 0 Å². The summed E-state index contributed by atoms with van der Waals surface area (Å²) in [5.41, 5.74) is 1.01. The Morgan fingerprint density at radius 2 is 2.00 bits per heavy atom. The lowest BCUT2D eigenvalue weighted by Crippen LogP contribution is -2.39. The summed E-state index contributed by atoms with van der Waals surface area (Å²) < 4.78 is 38.6. The average molecular weight is 432 g/mol. The molecule has 0 bridgehead atoms. The highest BCUT2D eigenvalue weighted by Gasteiger charge is 2.30. The van der Waals surface area contributed by atoms with E-state index >= 15 is 0 Å². The Hall–Kier alpha value is -2.67. The smallest absolute Gasteiger partial charge is 0.342 e. The second-order valence-corrected chi connectivity index (χ2v) is 8.07. The lowest BCUT2D eigenvalue weighted by atomic mass is 9.96. The Balaban J connectivity index is 1.40. The van der Waals surface area contributed by atoms with E-state index in [2.05, 4.69) is 9.88 Å². The molecule has 2 aromatic rings. The van der Waals surface area contributed by atoms with Gasteiger partial charge < -0.3 is 9.80 Å². The minimum absolute atomic E-state index is 0.0316. The van der Waals surface area contributed by atoms with Crippen molar-refractivity contribution in [2.45, 2.75) is 25.4 Å². The minimum Gasteiger partial charge on any atom is -0.342 e. The van der Waals surface area contributed by atoms with E-state index in [1.54, 1.807) is 35.5 Å². The van der Waals surface area contributed by atoms with Gasteiger partial charge in [-0.2, -0.15) is 13.2 Å². The number of benzene rings is 1. The molecule has 1 aliphatic rings. The normalized spacial score (nSPS) is 16.0. The number of piperidine rings is 1. The van der Waals surface area contributed by atoms with Crippen molar-refractivity contribution in [3.63, 3.8) is 0 Å². The molecular formula is C24H28F3N3O. The molecule has 0 radical (unpaired) electrons. The molecule has 3 rings (SSSR count). The van der Waals surface area contributed by atoms with Crippen LogP contribution in [0.25, 0.3) is 6.08 Å². The number of halogens is 3. The summed E-state index contributed by atoms with van der Waals surface area (Å²) in [4.78, 5) is 20.4. The molecule has 1 fully saturated rings. The predicted octanol–water partition coefficient (Wildman–Crippen LogP) is 4.53. The quantitative estimate of drug-likeness (QED) is 0.605. The molecule has 166 valence electrons. The second-order valence-electron chi connectivity index (χ2n) is 8.07. The number of carbonyl (C=O) groups excluding carboxylic acids is 1. The summed E-state index contributed by atoms with van der Waals surface area (Å²) in [7, 11) is 1.82. The average Bonchev–Trinajstić information content (AvgIpc) is 2.77. The lowest BCUT2D eigenvalue weighted by molar-refractivity contribution is -0.137. The molecule has 0 N–H and O–H groups in total. The van der Waals surface area contributed by atoms with Crippen molar-refractivity contribution >= 4 is 12.0 Å². The molecule has 31 heavy (non-hydrogen) atoms. The van der Waals surface area contributed by atoms with Crippen LogP contribution in [-0.4, -0.2) is 53.9 Å². The van der Waals surface area contributed by atoms with Gasteiger partial charge in [0.25, 0.3) is 0 Å². The number of carbonyl (C=O) groups is 1. The standard InChI is InChI=1S/C24H28F3N3O/c1-29(23(31)8-7-20-5-3-12-28-17-20)18-21-10-14-30(15-11-21)13-9-19-4-2-6-22(16-19)24(25,26)27/h2-8,12,16-17,21H,9-11,13-15,18H2,1H3.